The molecule has 4 rings (SSSR count). The molecule has 28 heavy (non-hydrogen) atoms. The number of halogens is 1. The fourth-order valence-electron chi connectivity index (χ4n) is 3.24. The van der Waals surface area contributed by atoms with Gasteiger partial charge in [0.2, 0.25) is 0 Å². The number of nitrogens with one attached hydrogen (secondary N) is 1. The Morgan fingerprint density at radius 2 is 2.25 bits per heavy atom. The number of aromatic amines is 1. The van der Waals surface area contributed by atoms with Crippen molar-refractivity contribution in [3.8, 4) is 5.75 Å². The summed E-state index contributed by atoms with van der Waals surface area (Å²) in [7, 11) is -3.31. The fourth-order valence-corrected chi connectivity index (χ4v) is 3.61. The molecule has 0 radical (unpaired) electrons. The van der Waals surface area contributed by atoms with Gasteiger partial charge in [0.15, 0.2) is 22.7 Å². The van der Waals surface area contributed by atoms with Gasteiger partial charge in [-0.3, -0.25) is 5.10 Å². The molecule has 1 aliphatic heterocycles. The van der Waals surface area contributed by atoms with Crippen molar-refractivity contribution in [1.29, 1.82) is 0 Å². The zero-order valence-electron chi connectivity index (χ0n) is 15.0. The molecule has 0 unspecified atom stereocenters. The lowest BCUT2D eigenvalue weighted by molar-refractivity contribution is 0.437. The summed E-state index contributed by atoms with van der Waals surface area (Å²) in [5.74, 6) is 1.13. The van der Waals surface area contributed by atoms with Crippen LogP contribution in [0.5, 0.6) is 5.75 Å². The van der Waals surface area contributed by atoms with Crippen molar-refractivity contribution in [1.82, 2.24) is 20.2 Å². The monoisotopic (exact) mass is 407 g/mol. The molecule has 0 saturated heterocycles. The number of H-pyrrole nitrogens is 1. The summed E-state index contributed by atoms with van der Waals surface area (Å²) >= 11 is 0. The quantitative estimate of drug-likeness (QED) is 0.476. The first kappa shape index (κ1) is 18.4. The zero-order valence-corrected chi connectivity index (χ0v) is 15.8. The van der Waals surface area contributed by atoms with Crippen molar-refractivity contribution in [3.05, 3.63) is 30.0 Å². The number of nitrogens with two attached hydrogens (primary N) is 1. The number of anilines is 3. The van der Waals surface area contributed by atoms with Crippen molar-refractivity contribution in [2.24, 2.45) is 5.73 Å². The van der Waals surface area contributed by atoms with Gasteiger partial charge in [-0.05, 0) is 25.0 Å². The Labute approximate surface area is 160 Å². The molecular weight excluding hydrogens is 389 g/mol. The van der Waals surface area contributed by atoms with Crippen LogP contribution in [0.4, 0.5) is 21.2 Å². The fraction of sp³-hybridized carbons (Fsp3) is 0.312. The van der Waals surface area contributed by atoms with Crippen LogP contribution in [0.3, 0.4) is 0 Å². The largest absolute Gasteiger partial charge is 0.488 e. The minimum atomic E-state index is -5.11. The Kier molecular flexibility index (Phi) is 4.51. The first-order valence-electron chi connectivity index (χ1n) is 8.53. The molecule has 12 heteroatoms. The second-order valence-electron chi connectivity index (χ2n) is 6.34. The second-order valence-corrected chi connectivity index (χ2v) is 7.29. The van der Waals surface area contributed by atoms with Gasteiger partial charge in [-0.25, -0.2) is 9.97 Å². The van der Waals surface area contributed by atoms with E-state index in [9.17, 15) is 12.3 Å². The van der Waals surface area contributed by atoms with Crippen LogP contribution in [0.15, 0.2) is 24.4 Å². The highest BCUT2D eigenvalue weighted by atomic mass is 32.3. The molecule has 0 bridgehead atoms. The van der Waals surface area contributed by atoms with E-state index in [0.717, 1.165) is 0 Å². The summed E-state index contributed by atoms with van der Waals surface area (Å²) in [5.41, 5.74) is 7.97. The summed E-state index contributed by atoms with van der Waals surface area (Å²) in [6, 6.07) is 4.83. The van der Waals surface area contributed by atoms with Crippen molar-refractivity contribution < 1.29 is 16.5 Å². The van der Waals surface area contributed by atoms with Gasteiger partial charge in [-0.2, -0.15) is 13.5 Å². The maximum atomic E-state index is 13.0. The van der Waals surface area contributed by atoms with Gasteiger partial charge < -0.3 is 19.7 Å². The van der Waals surface area contributed by atoms with Crippen LogP contribution in [-0.2, 0) is 16.9 Å². The Morgan fingerprint density at radius 1 is 1.43 bits per heavy atom. The molecule has 0 fully saturated rings. The summed E-state index contributed by atoms with van der Waals surface area (Å²) in [4.78, 5) is 12.6. The van der Waals surface area contributed by atoms with Gasteiger partial charge in [0.25, 0.3) is 0 Å². The molecule has 10 nitrogen and oxygen atoms in total. The Hall–Kier alpha value is -2.99. The molecule has 1 aromatic carbocycles. The van der Waals surface area contributed by atoms with Crippen molar-refractivity contribution >= 4 is 39.0 Å². The van der Waals surface area contributed by atoms with Gasteiger partial charge in [0.05, 0.1) is 12.9 Å². The molecule has 1 aliphatic rings. The predicted octanol–water partition coefficient (Wildman–Crippen LogP) is 1.38. The Bertz CT molecular complexity index is 1130. The number of hydrogen-bond donors (Lipinski definition) is 2. The zero-order chi connectivity index (χ0) is 19.9. The van der Waals surface area contributed by atoms with E-state index in [1.54, 1.807) is 30.3 Å². The van der Waals surface area contributed by atoms with Crippen LogP contribution in [-0.4, -0.2) is 48.8 Å². The molecule has 3 aromatic rings. The predicted molar refractivity (Wildman–Crippen MR) is 102 cm³/mol. The first-order valence-corrected chi connectivity index (χ1v) is 9.84. The topological polar surface area (TPSA) is 130 Å². The SMILES string of the molecule is CN(CN)c1cnc2c(N3CCCc4c(OS(=O)(=O)F)cccc43)n[nH]c2n1. The highest BCUT2D eigenvalue weighted by molar-refractivity contribution is 7.81. The number of benzene rings is 1. The lowest BCUT2D eigenvalue weighted by Crippen LogP contribution is -2.26. The van der Waals surface area contributed by atoms with Crippen LogP contribution in [0.1, 0.15) is 12.0 Å². The minimum Gasteiger partial charge on any atom is -0.358 e. The smallest absolute Gasteiger partial charge is 0.358 e. The van der Waals surface area contributed by atoms with E-state index in [1.165, 1.54) is 6.07 Å². The van der Waals surface area contributed by atoms with E-state index in [4.69, 9.17) is 5.73 Å². The number of nitrogens with zero attached hydrogens (tertiary/aromatic N) is 5. The molecule has 0 aliphatic carbocycles. The molecule has 148 valence electrons. The Balaban J connectivity index is 1.77. The first-order chi connectivity index (χ1) is 13.4. The third-order valence-electron chi connectivity index (χ3n) is 4.56. The molecule has 3 heterocycles. The summed E-state index contributed by atoms with van der Waals surface area (Å²) in [6.07, 6.45) is 2.86. The van der Waals surface area contributed by atoms with Crippen molar-refractivity contribution in [2.75, 3.05) is 30.1 Å². The number of aromatic nitrogens is 4. The molecule has 0 saturated carbocycles. The molecule has 0 spiro atoms. The lowest BCUT2D eigenvalue weighted by Gasteiger charge is -2.30. The highest BCUT2D eigenvalue weighted by Gasteiger charge is 2.27. The van der Waals surface area contributed by atoms with Crippen LogP contribution >= 0.6 is 0 Å². The van der Waals surface area contributed by atoms with Crippen molar-refractivity contribution in [3.63, 3.8) is 0 Å². The normalized spacial score (nSPS) is 14.2. The van der Waals surface area contributed by atoms with E-state index in [-0.39, 0.29) is 5.75 Å². The third-order valence-corrected chi connectivity index (χ3v) is 4.94. The average molecular weight is 407 g/mol. The van der Waals surface area contributed by atoms with Gasteiger partial charge in [0, 0.05) is 24.8 Å². The summed E-state index contributed by atoms with van der Waals surface area (Å²) < 4.78 is 39.4. The van der Waals surface area contributed by atoms with Crippen LogP contribution in [0.2, 0.25) is 0 Å². The van der Waals surface area contributed by atoms with Gasteiger partial charge >= 0.3 is 10.5 Å². The van der Waals surface area contributed by atoms with Gasteiger partial charge in [-0.15, -0.1) is 0 Å². The second kappa shape index (κ2) is 6.87. The summed E-state index contributed by atoms with van der Waals surface area (Å²) in [5, 5.41) is 7.21. The number of hydrogen-bond acceptors (Lipinski definition) is 9. The van der Waals surface area contributed by atoms with Crippen LogP contribution in [0.25, 0.3) is 11.2 Å². The van der Waals surface area contributed by atoms with E-state index in [1.807, 2.05) is 4.90 Å². The average Bonchev–Trinajstić information content (AvgIpc) is 3.09. The minimum absolute atomic E-state index is 0.0255. The number of fused-ring (bicyclic) bond motifs is 2. The molecule has 0 amide bonds. The van der Waals surface area contributed by atoms with E-state index in [0.29, 0.717) is 60.1 Å². The van der Waals surface area contributed by atoms with Crippen molar-refractivity contribution in [2.45, 2.75) is 12.8 Å². The lowest BCUT2D eigenvalue weighted by atomic mass is 10.0. The summed E-state index contributed by atoms with van der Waals surface area (Å²) in [6.45, 7) is 0.922. The molecule has 2 aromatic heterocycles. The van der Waals surface area contributed by atoms with E-state index >= 15 is 0 Å². The number of rotatable bonds is 5. The molecule has 0 atom stereocenters. The molecule has 3 N–H and O–H groups in total. The maximum absolute atomic E-state index is 13.0. The van der Waals surface area contributed by atoms with Crippen LogP contribution < -0.4 is 19.7 Å². The van der Waals surface area contributed by atoms with E-state index in [2.05, 4.69) is 24.3 Å². The van der Waals surface area contributed by atoms with Gasteiger partial charge in [0.1, 0.15) is 5.82 Å². The van der Waals surface area contributed by atoms with Crippen LogP contribution in [0, 0.1) is 0 Å². The van der Waals surface area contributed by atoms with E-state index < -0.39 is 10.5 Å². The van der Waals surface area contributed by atoms with Gasteiger partial charge in [-0.1, -0.05) is 9.95 Å². The maximum Gasteiger partial charge on any atom is 0.488 e. The molecular formula is C16H18FN7O3S. The third kappa shape index (κ3) is 3.31. The standard InChI is InChI=1S/C16H18FN7O3S/c1-23(9-18)13-8-19-14-15(20-13)21-22-16(14)24-7-3-4-10-11(24)5-2-6-12(10)27-28(17,25)26/h2,5-6,8H,3-4,7,9,18H2,1H3,(H,20,21,22). The Morgan fingerprint density at radius 3 is 3.00 bits per heavy atom. The highest BCUT2D eigenvalue weighted by Crippen LogP contribution is 2.39.